The average Bonchev–Trinajstić information content (AvgIpc) is 1.68. The summed E-state index contributed by atoms with van der Waals surface area (Å²) in [4.78, 5) is 0. The SMILES string of the molecule is CCC(C)(I)[CH]I. The lowest BCUT2D eigenvalue weighted by atomic mass is 10.2. The van der Waals surface area contributed by atoms with Crippen LogP contribution in [0.3, 0.4) is 0 Å². The lowest BCUT2D eigenvalue weighted by molar-refractivity contribution is 0.781. The van der Waals surface area contributed by atoms with Gasteiger partial charge >= 0.3 is 0 Å². The molecular weight excluding hydrogens is 314 g/mol. The summed E-state index contributed by atoms with van der Waals surface area (Å²) < 4.78 is 2.61. The Balaban J connectivity index is 3.36. The molecule has 0 bridgehead atoms. The van der Waals surface area contributed by atoms with E-state index in [9.17, 15) is 0 Å². The monoisotopic (exact) mass is 323 g/mol. The molecule has 0 aliphatic carbocycles. The summed E-state index contributed by atoms with van der Waals surface area (Å²) >= 11 is 4.74. The summed E-state index contributed by atoms with van der Waals surface area (Å²) in [5.74, 6) is 0. The molecule has 0 aromatic rings. The second-order valence-corrected chi connectivity index (χ2v) is 4.83. The first-order valence-electron chi connectivity index (χ1n) is 2.26. The predicted octanol–water partition coefficient (Wildman–Crippen LogP) is 3.19. The zero-order valence-corrected chi connectivity index (χ0v) is 8.86. The molecule has 0 spiro atoms. The molecule has 0 aromatic heterocycles. The van der Waals surface area contributed by atoms with Crippen LogP contribution in [0.15, 0.2) is 0 Å². The van der Waals surface area contributed by atoms with Crippen LogP contribution < -0.4 is 0 Å². The molecule has 1 unspecified atom stereocenters. The quantitative estimate of drug-likeness (QED) is 0.541. The number of hydrogen-bond acceptors (Lipinski definition) is 0. The van der Waals surface area contributed by atoms with E-state index in [0.717, 1.165) is 0 Å². The van der Waals surface area contributed by atoms with Gasteiger partial charge in [-0.2, -0.15) is 0 Å². The number of alkyl halides is 1. The van der Waals surface area contributed by atoms with Crippen LogP contribution >= 0.6 is 45.2 Å². The molecule has 0 saturated carbocycles. The van der Waals surface area contributed by atoms with E-state index in [4.69, 9.17) is 0 Å². The van der Waals surface area contributed by atoms with E-state index in [1.54, 1.807) is 0 Å². The lowest BCUT2D eigenvalue weighted by Gasteiger charge is -2.14. The molecule has 0 rings (SSSR count). The molecule has 0 N–H and O–H groups in total. The van der Waals surface area contributed by atoms with Crippen LogP contribution in [0, 0.1) is 4.43 Å². The standard InChI is InChI=1S/C5H9I2/c1-3-5(2,7)4-6/h4H,3H2,1-2H3. The van der Waals surface area contributed by atoms with Gasteiger partial charge in [-0.15, -0.1) is 0 Å². The fourth-order valence-corrected chi connectivity index (χ4v) is 0.518. The molecule has 7 heavy (non-hydrogen) atoms. The van der Waals surface area contributed by atoms with E-state index < -0.39 is 0 Å². The van der Waals surface area contributed by atoms with Crippen molar-refractivity contribution in [1.29, 1.82) is 0 Å². The normalized spacial score (nSPS) is 18.9. The van der Waals surface area contributed by atoms with Crippen LogP contribution in [0.25, 0.3) is 0 Å². The minimum Gasteiger partial charge on any atom is -0.0800 e. The third kappa shape index (κ3) is 4.00. The minimum atomic E-state index is 0.415. The van der Waals surface area contributed by atoms with Crippen molar-refractivity contribution in [2.75, 3.05) is 0 Å². The van der Waals surface area contributed by atoms with Crippen molar-refractivity contribution in [3.63, 3.8) is 0 Å². The van der Waals surface area contributed by atoms with E-state index in [-0.39, 0.29) is 0 Å². The van der Waals surface area contributed by atoms with Crippen LogP contribution in [0.2, 0.25) is 0 Å². The van der Waals surface area contributed by atoms with Crippen LogP contribution in [0.1, 0.15) is 20.3 Å². The second kappa shape index (κ2) is 3.48. The number of halogens is 2. The maximum atomic E-state index is 2.44. The Labute approximate surface area is 72.7 Å². The van der Waals surface area contributed by atoms with Crippen molar-refractivity contribution in [2.24, 2.45) is 0 Å². The van der Waals surface area contributed by atoms with Crippen molar-refractivity contribution < 1.29 is 0 Å². The lowest BCUT2D eigenvalue weighted by Crippen LogP contribution is -2.09. The highest BCUT2D eigenvalue weighted by molar-refractivity contribution is 14.1. The van der Waals surface area contributed by atoms with Crippen LogP contribution in [0.4, 0.5) is 0 Å². The van der Waals surface area contributed by atoms with Gasteiger partial charge in [-0.3, -0.25) is 0 Å². The molecule has 0 aromatic carbocycles. The smallest absolute Gasteiger partial charge is 0.0383 e. The molecule has 0 amide bonds. The van der Waals surface area contributed by atoms with Gasteiger partial charge in [-0.05, 0) is 13.3 Å². The molecule has 0 fully saturated rings. The molecule has 0 aliphatic rings. The van der Waals surface area contributed by atoms with Gasteiger partial charge < -0.3 is 0 Å². The fourth-order valence-electron chi connectivity index (χ4n) is 0.0772. The van der Waals surface area contributed by atoms with Crippen molar-refractivity contribution in [1.82, 2.24) is 0 Å². The summed E-state index contributed by atoms with van der Waals surface area (Å²) in [6.07, 6.45) is 1.22. The van der Waals surface area contributed by atoms with Gasteiger partial charge in [0, 0.05) is 7.85 Å². The molecule has 1 radical (unpaired) electrons. The highest BCUT2D eigenvalue weighted by Crippen LogP contribution is 2.27. The van der Waals surface area contributed by atoms with Crippen molar-refractivity contribution in [3.05, 3.63) is 4.43 Å². The molecule has 0 saturated heterocycles. The Morgan fingerprint density at radius 1 is 1.71 bits per heavy atom. The van der Waals surface area contributed by atoms with Crippen molar-refractivity contribution in [2.45, 2.75) is 23.7 Å². The Morgan fingerprint density at radius 2 is 2.14 bits per heavy atom. The van der Waals surface area contributed by atoms with Crippen molar-refractivity contribution >= 4 is 45.2 Å². The Hall–Kier alpha value is 1.46. The summed E-state index contributed by atoms with van der Waals surface area (Å²) in [6.45, 7) is 4.42. The molecule has 0 heterocycles. The second-order valence-electron chi connectivity index (χ2n) is 1.74. The molecule has 43 valence electrons. The Bertz CT molecular complexity index is 44.0. The topological polar surface area (TPSA) is 0 Å². The fraction of sp³-hybridized carbons (Fsp3) is 0.800. The molecule has 0 nitrogen and oxygen atoms in total. The molecule has 2 heteroatoms. The number of hydrogen-bond donors (Lipinski definition) is 0. The van der Waals surface area contributed by atoms with Crippen LogP contribution in [-0.2, 0) is 0 Å². The van der Waals surface area contributed by atoms with E-state index in [2.05, 4.69) is 63.5 Å². The summed E-state index contributed by atoms with van der Waals surface area (Å²) in [7, 11) is 0. The first-order chi connectivity index (χ1) is 3.12. The van der Waals surface area contributed by atoms with Gasteiger partial charge in [0.05, 0.1) is 0 Å². The van der Waals surface area contributed by atoms with E-state index in [1.165, 1.54) is 6.42 Å². The van der Waals surface area contributed by atoms with E-state index in [0.29, 0.717) is 3.42 Å². The predicted molar refractivity (Wildman–Crippen MR) is 51.0 cm³/mol. The summed E-state index contributed by atoms with van der Waals surface area (Å²) in [6, 6.07) is 0. The largest absolute Gasteiger partial charge is 0.0800 e. The maximum absolute atomic E-state index is 2.44. The zero-order chi connectivity index (χ0) is 5.91. The van der Waals surface area contributed by atoms with E-state index in [1.807, 2.05) is 0 Å². The van der Waals surface area contributed by atoms with Gasteiger partial charge in [0.2, 0.25) is 0 Å². The third-order valence-corrected chi connectivity index (χ3v) is 4.56. The molecule has 1 atom stereocenters. The molecule has 0 aliphatic heterocycles. The van der Waals surface area contributed by atoms with E-state index >= 15 is 0 Å². The third-order valence-electron chi connectivity index (χ3n) is 0.919. The van der Waals surface area contributed by atoms with Crippen LogP contribution in [0.5, 0.6) is 0 Å². The minimum absolute atomic E-state index is 0.415. The van der Waals surface area contributed by atoms with Gasteiger partial charge in [-0.25, -0.2) is 0 Å². The highest BCUT2D eigenvalue weighted by atomic mass is 127. The zero-order valence-electron chi connectivity index (χ0n) is 4.54. The van der Waals surface area contributed by atoms with Crippen molar-refractivity contribution in [3.8, 4) is 0 Å². The van der Waals surface area contributed by atoms with Gasteiger partial charge in [-0.1, -0.05) is 52.1 Å². The van der Waals surface area contributed by atoms with Gasteiger partial charge in [0.15, 0.2) is 0 Å². The molecular formula is C5H9I2. The Morgan fingerprint density at radius 3 is 2.14 bits per heavy atom. The Kier molecular flexibility index (Phi) is 4.20. The highest BCUT2D eigenvalue weighted by Gasteiger charge is 2.14. The van der Waals surface area contributed by atoms with Crippen LogP contribution in [-0.4, -0.2) is 3.42 Å². The first-order valence-corrected chi connectivity index (χ1v) is 4.58. The van der Waals surface area contributed by atoms with Gasteiger partial charge in [0.1, 0.15) is 0 Å². The number of rotatable bonds is 2. The first kappa shape index (κ1) is 8.46. The maximum Gasteiger partial charge on any atom is 0.0383 e. The van der Waals surface area contributed by atoms with Gasteiger partial charge in [0.25, 0.3) is 0 Å². The summed E-state index contributed by atoms with van der Waals surface area (Å²) in [5.41, 5.74) is 0. The summed E-state index contributed by atoms with van der Waals surface area (Å²) in [5, 5.41) is 0. The average molecular weight is 323 g/mol.